The normalized spacial score (nSPS) is 16.6. The van der Waals surface area contributed by atoms with Gasteiger partial charge in [-0.15, -0.1) is 5.10 Å². The summed E-state index contributed by atoms with van der Waals surface area (Å²) < 4.78 is 5.19. The number of aromatic nitrogens is 3. The number of hydrogen-bond donors (Lipinski definition) is 2. The number of carbonyl (C=O) groups is 2. The molecule has 1 aliphatic rings. The molecular formula is C10H13N5O4. The van der Waals surface area contributed by atoms with Crippen LogP contribution in [0.2, 0.25) is 0 Å². The highest BCUT2D eigenvalue weighted by atomic mass is 16.5. The number of aliphatic carboxylic acids is 1. The van der Waals surface area contributed by atoms with Crippen LogP contribution in [0.1, 0.15) is 6.92 Å². The lowest BCUT2D eigenvalue weighted by molar-refractivity contribution is -0.159. The smallest absolute Gasteiger partial charge is 0.329 e. The Labute approximate surface area is 108 Å². The maximum atomic E-state index is 11.8. The molecule has 0 aromatic carbocycles. The fourth-order valence-corrected chi connectivity index (χ4v) is 1.71. The van der Waals surface area contributed by atoms with E-state index in [1.807, 2.05) is 0 Å². The van der Waals surface area contributed by atoms with Crippen LogP contribution >= 0.6 is 0 Å². The van der Waals surface area contributed by atoms with Crippen molar-refractivity contribution in [2.24, 2.45) is 0 Å². The molecule has 102 valence electrons. The predicted octanol–water partition coefficient (Wildman–Crippen LogP) is -0.421. The summed E-state index contributed by atoms with van der Waals surface area (Å²) in [5.74, 6) is -0.916. The van der Waals surface area contributed by atoms with E-state index in [4.69, 9.17) is 9.84 Å². The standard InChI is InChI=1S/C10H13N5O4/c1-10(19-4-7(16)17)5-15(6-10)9(18)13-8-11-2-3-12-14-8/h2-3H,4-6H2,1H3,(H,16,17)(H,11,13,14,18). The molecule has 0 saturated carbocycles. The third-order valence-electron chi connectivity index (χ3n) is 2.58. The van der Waals surface area contributed by atoms with Crippen molar-refractivity contribution in [2.75, 3.05) is 25.0 Å². The Morgan fingerprint density at radius 1 is 1.53 bits per heavy atom. The van der Waals surface area contributed by atoms with Crippen LogP contribution < -0.4 is 5.32 Å². The second kappa shape index (κ2) is 5.14. The second-order valence-electron chi connectivity index (χ2n) is 4.38. The van der Waals surface area contributed by atoms with Gasteiger partial charge in [0.1, 0.15) is 12.2 Å². The Bertz CT molecular complexity index is 474. The van der Waals surface area contributed by atoms with Crippen molar-refractivity contribution < 1.29 is 19.4 Å². The van der Waals surface area contributed by atoms with Crippen molar-refractivity contribution in [3.05, 3.63) is 12.4 Å². The van der Waals surface area contributed by atoms with E-state index in [0.29, 0.717) is 13.1 Å². The van der Waals surface area contributed by atoms with Gasteiger partial charge in [0.15, 0.2) is 0 Å². The molecule has 9 nitrogen and oxygen atoms in total. The van der Waals surface area contributed by atoms with Crippen LogP contribution in [0, 0.1) is 0 Å². The number of likely N-dealkylation sites (tertiary alicyclic amines) is 1. The highest BCUT2D eigenvalue weighted by molar-refractivity contribution is 5.88. The predicted molar refractivity (Wildman–Crippen MR) is 62.4 cm³/mol. The topological polar surface area (TPSA) is 118 Å². The molecule has 0 atom stereocenters. The van der Waals surface area contributed by atoms with Crippen molar-refractivity contribution in [1.29, 1.82) is 0 Å². The van der Waals surface area contributed by atoms with Gasteiger partial charge in [0.2, 0.25) is 0 Å². The van der Waals surface area contributed by atoms with E-state index in [2.05, 4.69) is 20.5 Å². The van der Waals surface area contributed by atoms with Gasteiger partial charge in [-0.25, -0.2) is 14.6 Å². The van der Waals surface area contributed by atoms with Crippen LogP contribution in [0.15, 0.2) is 12.4 Å². The summed E-state index contributed by atoms with van der Waals surface area (Å²) in [6.07, 6.45) is 2.81. The minimum Gasteiger partial charge on any atom is -0.480 e. The van der Waals surface area contributed by atoms with E-state index in [-0.39, 0.29) is 18.6 Å². The Kier molecular flexibility index (Phi) is 3.56. The summed E-state index contributed by atoms with van der Waals surface area (Å²) in [7, 11) is 0. The molecule has 1 aromatic heterocycles. The van der Waals surface area contributed by atoms with Crippen LogP contribution in [0.4, 0.5) is 10.7 Å². The molecule has 2 heterocycles. The minimum absolute atomic E-state index is 0.118. The number of hydrogen-bond acceptors (Lipinski definition) is 6. The monoisotopic (exact) mass is 267 g/mol. The number of nitrogens with one attached hydrogen (secondary N) is 1. The molecule has 0 radical (unpaired) electrons. The highest BCUT2D eigenvalue weighted by Gasteiger charge is 2.43. The van der Waals surface area contributed by atoms with Gasteiger partial charge in [-0.05, 0) is 6.92 Å². The zero-order valence-electron chi connectivity index (χ0n) is 10.2. The minimum atomic E-state index is -1.03. The fraction of sp³-hybridized carbons (Fsp3) is 0.500. The number of urea groups is 1. The molecule has 1 fully saturated rings. The van der Waals surface area contributed by atoms with Gasteiger partial charge in [-0.1, -0.05) is 0 Å². The average Bonchev–Trinajstić information content (AvgIpc) is 2.34. The maximum Gasteiger partial charge on any atom is 0.329 e. The molecule has 0 aliphatic carbocycles. The van der Waals surface area contributed by atoms with Crippen molar-refractivity contribution in [1.82, 2.24) is 20.1 Å². The number of nitrogens with zero attached hydrogens (tertiary/aromatic N) is 4. The maximum absolute atomic E-state index is 11.8. The Balaban J connectivity index is 1.80. The first-order chi connectivity index (χ1) is 8.98. The third kappa shape index (κ3) is 3.35. The van der Waals surface area contributed by atoms with Gasteiger partial charge in [0.25, 0.3) is 5.95 Å². The summed E-state index contributed by atoms with van der Waals surface area (Å²) in [5.41, 5.74) is -0.620. The van der Waals surface area contributed by atoms with Gasteiger partial charge in [-0.3, -0.25) is 5.32 Å². The van der Waals surface area contributed by atoms with Crippen molar-refractivity contribution >= 4 is 17.9 Å². The molecule has 2 N–H and O–H groups in total. The number of amides is 2. The van der Waals surface area contributed by atoms with Gasteiger partial charge in [0.05, 0.1) is 25.5 Å². The van der Waals surface area contributed by atoms with Crippen LogP contribution in [-0.4, -0.2) is 62.5 Å². The van der Waals surface area contributed by atoms with Gasteiger partial charge < -0.3 is 14.7 Å². The van der Waals surface area contributed by atoms with E-state index in [1.165, 1.54) is 17.3 Å². The van der Waals surface area contributed by atoms with Crippen molar-refractivity contribution in [2.45, 2.75) is 12.5 Å². The molecule has 19 heavy (non-hydrogen) atoms. The summed E-state index contributed by atoms with van der Waals surface area (Å²) >= 11 is 0. The summed E-state index contributed by atoms with van der Waals surface area (Å²) in [4.78, 5) is 27.4. The molecular weight excluding hydrogens is 254 g/mol. The number of carboxylic acid groups (broad SMARTS) is 1. The third-order valence-corrected chi connectivity index (χ3v) is 2.58. The van der Waals surface area contributed by atoms with E-state index >= 15 is 0 Å². The lowest BCUT2D eigenvalue weighted by atomic mass is 9.97. The molecule has 0 unspecified atom stereocenters. The Morgan fingerprint density at radius 3 is 2.84 bits per heavy atom. The zero-order valence-corrected chi connectivity index (χ0v) is 10.2. The zero-order chi connectivity index (χ0) is 13.9. The second-order valence-corrected chi connectivity index (χ2v) is 4.38. The first-order valence-corrected chi connectivity index (χ1v) is 5.54. The molecule has 1 saturated heterocycles. The average molecular weight is 267 g/mol. The molecule has 2 amide bonds. The summed E-state index contributed by atoms with van der Waals surface area (Å²) in [5, 5.41) is 18.2. The summed E-state index contributed by atoms with van der Waals surface area (Å²) in [6, 6.07) is -0.371. The van der Waals surface area contributed by atoms with Crippen molar-refractivity contribution in [3.8, 4) is 0 Å². The lowest BCUT2D eigenvalue weighted by Crippen LogP contribution is -2.64. The molecule has 1 aromatic rings. The van der Waals surface area contributed by atoms with E-state index in [1.54, 1.807) is 6.92 Å². The Hall–Kier alpha value is -2.29. The van der Waals surface area contributed by atoms with E-state index < -0.39 is 11.6 Å². The first kappa shape index (κ1) is 13.1. The Morgan fingerprint density at radius 2 is 2.26 bits per heavy atom. The van der Waals surface area contributed by atoms with Gasteiger partial charge >= 0.3 is 12.0 Å². The van der Waals surface area contributed by atoms with Gasteiger partial charge in [-0.2, -0.15) is 5.10 Å². The molecule has 1 aliphatic heterocycles. The van der Waals surface area contributed by atoms with E-state index in [0.717, 1.165) is 0 Å². The molecule has 9 heteroatoms. The number of ether oxygens (including phenoxy) is 1. The van der Waals surface area contributed by atoms with Crippen molar-refractivity contribution in [3.63, 3.8) is 0 Å². The largest absolute Gasteiger partial charge is 0.480 e. The highest BCUT2D eigenvalue weighted by Crippen LogP contribution is 2.24. The first-order valence-electron chi connectivity index (χ1n) is 5.54. The van der Waals surface area contributed by atoms with Crippen LogP contribution in [0.25, 0.3) is 0 Å². The molecule has 0 spiro atoms. The quantitative estimate of drug-likeness (QED) is 0.760. The van der Waals surface area contributed by atoms with Crippen LogP contribution in [-0.2, 0) is 9.53 Å². The number of carboxylic acids is 1. The molecule has 2 rings (SSSR count). The number of rotatable bonds is 4. The molecule has 0 bridgehead atoms. The lowest BCUT2D eigenvalue weighted by Gasteiger charge is -2.46. The SMILES string of the molecule is CC1(OCC(=O)O)CN(C(=O)Nc2nccnn2)C1. The van der Waals surface area contributed by atoms with Gasteiger partial charge in [0, 0.05) is 0 Å². The van der Waals surface area contributed by atoms with E-state index in [9.17, 15) is 9.59 Å². The number of anilines is 1. The van der Waals surface area contributed by atoms with Crippen LogP contribution in [0.3, 0.4) is 0 Å². The number of carbonyl (C=O) groups excluding carboxylic acids is 1. The van der Waals surface area contributed by atoms with Crippen LogP contribution in [0.5, 0.6) is 0 Å². The fourth-order valence-electron chi connectivity index (χ4n) is 1.71. The summed E-state index contributed by atoms with van der Waals surface area (Å²) in [6.45, 7) is 2.00.